The predicted molar refractivity (Wildman–Crippen MR) is 111 cm³/mol. The van der Waals surface area contributed by atoms with Crippen LogP contribution < -0.4 is 5.32 Å². The highest BCUT2D eigenvalue weighted by Gasteiger charge is 2.16. The van der Waals surface area contributed by atoms with Gasteiger partial charge in [-0.15, -0.1) is 0 Å². The van der Waals surface area contributed by atoms with E-state index in [0.717, 1.165) is 47.3 Å². The van der Waals surface area contributed by atoms with E-state index in [-0.39, 0.29) is 11.6 Å². The third kappa shape index (κ3) is 5.62. The molecule has 2 heterocycles. The van der Waals surface area contributed by atoms with Crippen molar-refractivity contribution < 1.29 is 9.72 Å². The number of nitrogens with zero attached hydrogens (tertiary/aromatic N) is 3. The average molecular weight is 405 g/mol. The Morgan fingerprint density at radius 2 is 2.00 bits per heavy atom. The van der Waals surface area contributed by atoms with E-state index in [9.17, 15) is 14.9 Å². The molecule has 1 saturated heterocycles. The Bertz CT molecular complexity index is 843. The Balaban J connectivity index is 1.79. The van der Waals surface area contributed by atoms with Crippen molar-refractivity contribution in [1.29, 1.82) is 0 Å². The number of aromatic nitrogens is 1. The number of amides is 1. The van der Waals surface area contributed by atoms with Gasteiger partial charge in [0.2, 0.25) is 5.91 Å². The van der Waals surface area contributed by atoms with Crippen LogP contribution >= 0.6 is 23.1 Å². The van der Waals surface area contributed by atoms with Crippen LogP contribution in [0.15, 0.2) is 24.3 Å². The molecule has 0 radical (unpaired) electrons. The van der Waals surface area contributed by atoms with Gasteiger partial charge in [-0.25, -0.2) is 4.98 Å². The van der Waals surface area contributed by atoms with E-state index >= 15 is 0 Å². The molecule has 1 aliphatic rings. The SMILES string of the molecule is CC(=O)Nc1nc(C=Cc2ccc([N+](=O)[O-])cc2)c(CN2CCSCC2)s1. The van der Waals surface area contributed by atoms with Crippen LogP contribution in [0.25, 0.3) is 12.2 Å². The van der Waals surface area contributed by atoms with Crippen LogP contribution in [-0.2, 0) is 11.3 Å². The average Bonchev–Trinajstić information content (AvgIpc) is 3.01. The van der Waals surface area contributed by atoms with Gasteiger partial charge in [-0.1, -0.05) is 17.4 Å². The Hall–Kier alpha value is -2.23. The van der Waals surface area contributed by atoms with Crippen LogP contribution in [0, 0.1) is 10.1 Å². The second-order valence-corrected chi connectivity index (χ2v) is 8.39. The molecule has 27 heavy (non-hydrogen) atoms. The fourth-order valence-corrected chi connectivity index (χ4v) is 4.67. The van der Waals surface area contributed by atoms with Gasteiger partial charge in [0, 0.05) is 55.1 Å². The fraction of sp³-hybridized carbons (Fsp3) is 0.333. The van der Waals surface area contributed by atoms with Crippen molar-refractivity contribution in [2.45, 2.75) is 13.5 Å². The second kappa shape index (κ2) is 9.12. The van der Waals surface area contributed by atoms with Crippen LogP contribution in [0.5, 0.6) is 0 Å². The lowest BCUT2D eigenvalue weighted by Crippen LogP contribution is -2.31. The maximum absolute atomic E-state index is 11.4. The summed E-state index contributed by atoms with van der Waals surface area (Å²) in [6.45, 7) is 4.36. The minimum absolute atomic E-state index is 0.0670. The van der Waals surface area contributed by atoms with Gasteiger partial charge in [-0.2, -0.15) is 11.8 Å². The molecule has 142 valence electrons. The molecule has 0 saturated carbocycles. The number of hydrogen-bond donors (Lipinski definition) is 1. The molecule has 1 aliphatic heterocycles. The number of carbonyl (C=O) groups excluding carboxylic acids is 1. The van der Waals surface area contributed by atoms with Crippen LogP contribution in [0.1, 0.15) is 23.1 Å². The largest absolute Gasteiger partial charge is 0.302 e. The molecular weight excluding hydrogens is 384 g/mol. The summed E-state index contributed by atoms with van der Waals surface area (Å²) in [6.07, 6.45) is 3.78. The molecule has 1 N–H and O–H groups in total. The Kier molecular flexibility index (Phi) is 6.59. The van der Waals surface area contributed by atoms with E-state index in [0.29, 0.717) is 5.13 Å². The van der Waals surface area contributed by atoms with Gasteiger partial charge < -0.3 is 5.32 Å². The van der Waals surface area contributed by atoms with Crippen LogP contribution in [-0.4, -0.2) is 45.3 Å². The van der Waals surface area contributed by atoms with E-state index in [4.69, 9.17) is 0 Å². The van der Waals surface area contributed by atoms with Crippen LogP contribution in [0.3, 0.4) is 0 Å². The van der Waals surface area contributed by atoms with Gasteiger partial charge >= 0.3 is 0 Å². The van der Waals surface area contributed by atoms with Crippen molar-refractivity contribution in [3.8, 4) is 0 Å². The van der Waals surface area contributed by atoms with Gasteiger partial charge in [-0.05, 0) is 23.8 Å². The summed E-state index contributed by atoms with van der Waals surface area (Å²) in [5.74, 6) is 2.12. The predicted octanol–water partition coefficient (Wildman–Crippen LogP) is 3.73. The lowest BCUT2D eigenvalue weighted by atomic mass is 10.2. The van der Waals surface area contributed by atoms with Crippen molar-refractivity contribution in [1.82, 2.24) is 9.88 Å². The highest BCUT2D eigenvalue weighted by molar-refractivity contribution is 7.99. The van der Waals surface area contributed by atoms with Crippen molar-refractivity contribution in [3.63, 3.8) is 0 Å². The summed E-state index contributed by atoms with van der Waals surface area (Å²) in [4.78, 5) is 29.7. The molecule has 0 aliphatic carbocycles. The Morgan fingerprint density at radius 3 is 2.63 bits per heavy atom. The van der Waals surface area contributed by atoms with E-state index in [1.165, 1.54) is 30.4 Å². The number of carbonyl (C=O) groups is 1. The minimum atomic E-state index is -0.414. The first kappa shape index (κ1) is 19.5. The number of anilines is 1. The number of nitro benzene ring substituents is 1. The van der Waals surface area contributed by atoms with Gasteiger partial charge in [0.15, 0.2) is 5.13 Å². The van der Waals surface area contributed by atoms with E-state index < -0.39 is 4.92 Å². The zero-order valence-electron chi connectivity index (χ0n) is 14.9. The van der Waals surface area contributed by atoms with Gasteiger partial charge in [-0.3, -0.25) is 19.8 Å². The second-order valence-electron chi connectivity index (χ2n) is 6.08. The molecule has 0 atom stereocenters. The fourth-order valence-electron chi connectivity index (χ4n) is 2.66. The molecule has 0 spiro atoms. The van der Waals surface area contributed by atoms with Crippen molar-refractivity contribution in [2.75, 3.05) is 29.9 Å². The van der Waals surface area contributed by atoms with E-state index in [1.54, 1.807) is 12.1 Å². The number of nitrogens with one attached hydrogen (secondary N) is 1. The van der Waals surface area contributed by atoms with Crippen molar-refractivity contribution in [2.24, 2.45) is 0 Å². The lowest BCUT2D eigenvalue weighted by Gasteiger charge is -2.25. The molecule has 3 rings (SSSR count). The number of thioether (sulfide) groups is 1. The molecular formula is C18H20N4O3S2. The molecule has 7 nitrogen and oxygen atoms in total. The number of thiazole rings is 1. The molecule has 0 bridgehead atoms. The normalized spacial score (nSPS) is 15.1. The monoisotopic (exact) mass is 404 g/mol. The summed E-state index contributed by atoms with van der Waals surface area (Å²) in [6, 6.07) is 6.38. The molecule has 9 heteroatoms. The third-order valence-electron chi connectivity index (χ3n) is 4.02. The number of non-ortho nitro benzene ring substituents is 1. The molecule has 0 unspecified atom stereocenters. The van der Waals surface area contributed by atoms with Gasteiger partial charge in [0.05, 0.1) is 10.6 Å². The van der Waals surface area contributed by atoms with E-state index in [1.807, 2.05) is 23.9 Å². The maximum Gasteiger partial charge on any atom is 0.269 e. The van der Waals surface area contributed by atoms with Crippen molar-refractivity contribution >= 4 is 52.0 Å². The Morgan fingerprint density at radius 1 is 1.30 bits per heavy atom. The maximum atomic E-state index is 11.4. The van der Waals surface area contributed by atoms with Gasteiger partial charge in [0.25, 0.3) is 5.69 Å². The van der Waals surface area contributed by atoms with E-state index in [2.05, 4.69) is 15.2 Å². The van der Waals surface area contributed by atoms with Gasteiger partial charge in [0.1, 0.15) is 0 Å². The number of benzene rings is 1. The molecule has 1 fully saturated rings. The lowest BCUT2D eigenvalue weighted by molar-refractivity contribution is -0.384. The van der Waals surface area contributed by atoms with Crippen molar-refractivity contribution in [3.05, 3.63) is 50.5 Å². The summed E-state index contributed by atoms with van der Waals surface area (Å²) in [5, 5.41) is 14.1. The number of nitro groups is 1. The highest BCUT2D eigenvalue weighted by atomic mass is 32.2. The highest BCUT2D eigenvalue weighted by Crippen LogP contribution is 2.27. The zero-order valence-corrected chi connectivity index (χ0v) is 16.5. The molecule has 1 aromatic heterocycles. The van der Waals surface area contributed by atoms with Crippen LogP contribution in [0.2, 0.25) is 0 Å². The quantitative estimate of drug-likeness (QED) is 0.583. The number of hydrogen-bond acceptors (Lipinski definition) is 7. The topological polar surface area (TPSA) is 88.4 Å². The first-order valence-electron chi connectivity index (χ1n) is 8.51. The standard InChI is InChI=1S/C18H20N4O3S2/c1-13(23)19-18-20-16(17(27-18)12-21-8-10-26-11-9-21)7-4-14-2-5-15(6-3-14)22(24)25/h2-7H,8-12H2,1H3,(H,19,20,23). The first-order valence-corrected chi connectivity index (χ1v) is 10.5. The smallest absolute Gasteiger partial charge is 0.269 e. The molecule has 1 aromatic carbocycles. The summed E-state index contributed by atoms with van der Waals surface area (Å²) < 4.78 is 0. The molecule has 1 amide bonds. The molecule has 2 aromatic rings. The number of rotatable bonds is 6. The summed E-state index contributed by atoms with van der Waals surface area (Å²) in [7, 11) is 0. The zero-order chi connectivity index (χ0) is 19.2. The minimum Gasteiger partial charge on any atom is -0.302 e. The first-order chi connectivity index (χ1) is 13.0. The Labute approximate surface area is 165 Å². The van der Waals surface area contributed by atoms with Crippen LogP contribution in [0.4, 0.5) is 10.8 Å². The third-order valence-corrected chi connectivity index (χ3v) is 5.93. The summed E-state index contributed by atoms with van der Waals surface area (Å²) >= 11 is 3.46. The summed E-state index contributed by atoms with van der Waals surface area (Å²) in [5.41, 5.74) is 1.74.